The zero-order valence-electron chi connectivity index (χ0n) is 7.99. The van der Waals surface area contributed by atoms with E-state index in [1.54, 1.807) is 6.92 Å². The molecule has 0 aromatic heterocycles. The molecule has 5 nitrogen and oxygen atoms in total. The molecule has 0 radical (unpaired) electrons. The van der Waals surface area contributed by atoms with Gasteiger partial charge in [0, 0.05) is 20.3 Å². The van der Waals surface area contributed by atoms with Crippen molar-refractivity contribution in [1.29, 1.82) is 0 Å². The van der Waals surface area contributed by atoms with Crippen LogP contribution in [0.15, 0.2) is 0 Å². The Bertz CT molecular complexity index is 210. The number of nitrogens with zero attached hydrogens (tertiary/aromatic N) is 1. The van der Waals surface area contributed by atoms with Crippen LogP contribution >= 0.6 is 0 Å². The summed E-state index contributed by atoms with van der Waals surface area (Å²) in [5.41, 5.74) is 0. The Morgan fingerprint density at radius 2 is 1.62 bits per heavy atom. The maximum Gasteiger partial charge on any atom is 0.333 e. The Hall–Kier alpha value is -1.39. The van der Waals surface area contributed by atoms with Crippen LogP contribution in [0, 0.1) is 0 Å². The summed E-state index contributed by atoms with van der Waals surface area (Å²) in [4.78, 5) is 36.9. The predicted octanol–water partition coefficient (Wildman–Crippen LogP) is 0.640. The second-order valence-corrected chi connectivity index (χ2v) is 2.55. The number of hydrogen-bond donors (Lipinski definition) is 0. The monoisotopic (exact) mass is 187 g/mol. The molecule has 0 aliphatic carbocycles. The van der Waals surface area contributed by atoms with Gasteiger partial charge in [0.1, 0.15) is 0 Å². The molecule has 0 bridgehead atoms. The van der Waals surface area contributed by atoms with Crippen molar-refractivity contribution in [3.63, 3.8) is 0 Å². The van der Waals surface area contributed by atoms with Crippen molar-refractivity contribution in [3.8, 4) is 0 Å². The first-order valence-electron chi connectivity index (χ1n) is 4.01. The van der Waals surface area contributed by atoms with E-state index in [1.807, 2.05) is 0 Å². The summed E-state index contributed by atoms with van der Waals surface area (Å²) in [5, 5.41) is 0.456. The molecule has 0 aliphatic rings. The average molecular weight is 187 g/mol. The SMILES string of the molecule is CCCC(=O)ON(C(C)=O)C(C)=O. The first-order chi connectivity index (χ1) is 5.99. The molecular weight excluding hydrogens is 174 g/mol. The van der Waals surface area contributed by atoms with Gasteiger partial charge in [-0.05, 0) is 6.42 Å². The van der Waals surface area contributed by atoms with E-state index < -0.39 is 17.8 Å². The van der Waals surface area contributed by atoms with E-state index in [4.69, 9.17) is 0 Å². The van der Waals surface area contributed by atoms with Gasteiger partial charge in [0.25, 0.3) is 11.8 Å². The molecule has 0 aromatic carbocycles. The fourth-order valence-electron chi connectivity index (χ4n) is 0.702. The highest BCUT2D eigenvalue weighted by molar-refractivity contribution is 5.92. The second kappa shape index (κ2) is 5.29. The van der Waals surface area contributed by atoms with Crippen LogP contribution in [0.3, 0.4) is 0 Å². The van der Waals surface area contributed by atoms with Crippen LogP contribution in [0.25, 0.3) is 0 Å². The van der Waals surface area contributed by atoms with Crippen LogP contribution < -0.4 is 0 Å². The number of carbonyl (C=O) groups is 3. The molecule has 0 aliphatic heterocycles. The molecule has 0 saturated carbocycles. The topological polar surface area (TPSA) is 63.7 Å². The van der Waals surface area contributed by atoms with Gasteiger partial charge in [0.15, 0.2) is 0 Å². The average Bonchev–Trinajstić information content (AvgIpc) is 1.99. The van der Waals surface area contributed by atoms with Crippen LogP contribution in [0.1, 0.15) is 33.6 Å². The zero-order chi connectivity index (χ0) is 10.4. The van der Waals surface area contributed by atoms with Gasteiger partial charge >= 0.3 is 5.97 Å². The highest BCUT2D eigenvalue weighted by Gasteiger charge is 2.18. The maximum atomic E-state index is 10.9. The minimum absolute atomic E-state index is 0.192. The van der Waals surface area contributed by atoms with Crippen LogP contribution in [0.2, 0.25) is 0 Å². The number of carbonyl (C=O) groups excluding carboxylic acids is 3. The fourth-order valence-corrected chi connectivity index (χ4v) is 0.702. The molecule has 13 heavy (non-hydrogen) atoms. The van der Waals surface area contributed by atoms with Gasteiger partial charge in [-0.15, -0.1) is 5.06 Å². The van der Waals surface area contributed by atoms with E-state index in [-0.39, 0.29) is 6.42 Å². The lowest BCUT2D eigenvalue weighted by Gasteiger charge is -2.14. The summed E-state index contributed by atoms with van der Waals surface area (Å²) in [6, 6.07) is 0. The van der Waals surface area contributed by atoms with Gasteiger partial charge in [0.05, 0.1) is 0 Å². The number of rotatable bonds is 2. The quantitative estimate of drug-likeness (QED) is 0.595. The van der Waals surface area contributed by atoms with Gasteiger partial charge in [-0.1, -0.05) is 6.92 Å². The Morgan fingerprint density at radius 1 is 1.15 bits per heavy atom. The summed E-state index contributed by atoms with van der Waals surface area (Å²) in [7, 11) is 0. The molecule has 2 amide bonds. The van der Waals surface area contributed by atoms with Crippen molar-refractivity contribution in [1.82, 2.24) is 5.06 Å². The van der Waals surface area contributed by atoms with E-state index >= 15 is 0 Å². The van der Waals surface area contributed by atoms with Crippen molar-refractivity contribution in [2.24, 2.45) is 0 Å². The number of imide groups is 1. The third-order valence-electron chi connectivity index (χ3n) is 1.22. The van der Waals surface area contributed by atoms with E-state index in [9.17, 15) is 14.4 Å². The molecule has 5 heteroatoms. The third kappa shape index (κ3) is 4.25. The van der Waals surface area contributed by atoms with E-state index in [2.05, 4.69) is 4.84 Å². The van der Waals surface area contributed by atoms with E-state index in [1.165, 1.54) is 0 Å². The van der Waals surface area contributed by atoms with Crippen molar-refractivity contribution >= 4 is 17.8 Å². The number of hydrogen-bond acceptors (Lipinski definition) is 4. The van der Waals surface area contributed by atoms with E-state index in [0.29, 0.717) is 11.5 Å². The lowest BCUT2D eigenvalue weighted by atomic mass is 10.3. The maximum absolute atomic E-state index is 10.9. The summed E-state index contributed by atoms with van der Waals surface area (Å²) in [6.45, 7) is 4.11. The van der Waals surface area contributed by atoms with Gasteiger partial charge < -0.3 is 4.84 Å². The summed E-state index contributed by atoms with van der Waals surface area (Å²) < 4.78 is 0. The molecule has 0 fully saturated rings. The molecule has 0 atom stereocenters. The summed E-state index contributed by atoms with van der Waals surface area (Å²) in [6.07, 6.45) is 0.805. The third-order valence-corrected chi connectivity index (χ3v) is 1.22. The summed E-state index contributed by atoms with van der Waals surface area (Å²) >= 11 is 0. The molecule has 0 unspecified atom stereocenters. The Labute approximate surface area is 76.6 Å². The lowest BCUT2D eigenvalue weighted by molar-refractivity contribution is -0.200. The standard InChI is InChI=1S/C8H13NO4/c1-4-5-8(12)13-9(6(2)10)7(3)11/h4-5H2,1-3H3. The van der Waals surface area contributed by atoms with Crippen molar-refractivity contribution in [3.05, 3.63) is 0 Å². The largest absolute Gasteiger partial charge is 0.333 e. The molecule has 0 aromatic rings. The molecule has 0 spiro atoms. The minimum atomic E-state index is -0.600. The predicted molar refractivity (Wildman–Crippen MR) is 44.2 cm³/mol. The van der Waals surface area contributed by atoms with E-state index in [0.717, 1.165) is 13.8 Å². The molecule has 0 N–H and O–H groups in total. The smallest absolute Gasteiger partial charge is 0.330 e. The van der Waals surface area contributed by atoms with Gasteiger partial charge in [-0.25, -0.2) is 4.79 Å². The zero-order valence-corrected chi connectivity index (χ0v) is 7.99. The van der Waals surface area contributed by atoms with Gasteiger partial charge in [0.2, 0.25) is 0 Å². The van der Waals surface area contributed by atoms with Crippen LogP contribution in [0.5, 0.6) is 0 Å². The minimum Gasteiger partial charge on any atom is -0.330 e. The number of hydroxylamine groups is 2. The summed E-state index contributed by atoms with van der Waals surface area (Å²) in [5.74, 6) is -1.78. The molecule has 0 heterocycles. The van der Waals surface area contributed by atoms with Gasteiger partial charge in [-0.2, -0.15) is 0 Å². The normalized spacial score (nSPS) is 9.15. The first-order valence-corrected chi connectivity index (χ1v) is 4.01. The van der Waals surface area contributed by atoms with Crippen LogP contribution in [-0.2, 0) is 19.2 Å². The lowest BCUT2D eigenvalue weighted by Crippen LogP contribution is -2.35. The van der Waals surface area contributed by atoms with Gasteiger partial charge in [-0.3, -0.25) is 9.59 Å². The fraction of sp³-hybridized carbons (Fsp3) is 0.625. The Balaban J connectivity index is 4.19. The highest BCUT2D eigenvalue weighted by atomic mass is 16.7. The molecule has 74 valence electrons. The van der Waals surface area contributed by atoms with Crippen LogP contribution in [0.4, 0.5) is 0 Å². The van der Waals surface area contributed by atoms with Crippen LogP contribution in [-0.4, -0.2) is 22.8 Å². The second-order valence-electron chi connectivity index (χ2n) is 2.55. The molecular formula is C8H13NO4. The highest BCUT2D eigenvalue weighted by Crippen LogP contribution is 1.98. The molecule has 0 rings (SSSR count). The Kier molecular flexibility index (Phi) is 4.72. The van der Waals surface area contributed by atoms with Crippen molar-refractivity contribution in [2.75, 3.05) is 0 Å². The first kappa shape index (κ1) is 11.6. The number of amides is 2. The molecule has 0 saturated heterocycles. The van der Waals surface area contributed by atoms with Crippen molar-refractivity contribution < 1.29 is 19.2 Å². The Morgan fingerprint density at radius 3 is 1.92 bits per heavy atom. The van der Waals surface area contributed by atoms with Crippen molar-refractivity contribution in [2.45, 2.75) is 33.6 Å².